The lowest BCUT2D eigenvalue weighted by Crippen LogP contribution is -2.27. The van der Waals surface area contributed by atoms with E-state index in [9.17, 15) is 8.42 Å². The molecule has 0 aliphatic rings. The minimum absolute atomic E-state index is 0.0494. The van der Waals surface area contributed by atoms with Gasteiger partial charge in [-0.1, -0.05) is 52.0 Å². The molecule has 0 fully saturated rings. The van der Waals surface area contributed by atoms with Crippen LogP contribution >= 0.6 is 0 Å². The van der Waals surface area contributed by atoms with Crippen molar-refractivity contribution >= 4 is 9.84 Å². The van der Waals surface area contributed by atoms with Crippen LogP contribution < -0.4 is 5.32 Å². The molecule has 0 radical (unpaired) electrons. The van der Waals surface area contributed by atoms with Crippen LogP contribution in [-0.4, -0.2) is 27.0 Å². The van der Waals surface area contributed by atoms with E-state index in [-0.39, 0.29) is 17.2 Å². The Balaban J connectivity index is 3.08. The highest BCUT2D eigenvalue weighted by atomic mass is 32.2. The van der Waals surface area contributed by atoms with Crippen LogP contribution in [0.2, 0.25) is 0 Å². The highest BCUT2D eigenvalue weighted by Crippen LogP contribution is 2.31. The predicted octanol–water partition coefficient (Wildman–Crippen LogP) is 3.46. The van der Waals surface area contributed by atoms with Gasteiger partial charge in [0.1, 0.15) is 9.84 Å². The number of rotatable bonds is 7. The average Bonchev–Trinajstić information content (AvgIpc) is 2.37. The maximum absolute atomic E-state index is 11.5. The van der Waals surface area contributed by atoms with Crippen molar-refractivity contribution in [3.05, 3.63) is 35.4 Å². The highest BCUT2D eigenvalue weighted by molar-refractivity contribution is 7.90. The van der Waals surface area contributed by atoms with E-state index in [0.29, 0.717) is 6.42 Å². The van der Waals surface area contributed by atoms with Crippen molar-refractivity contribution in [1.29, 1.82) is 0 Å². The molecule has 21 heavy (non-hydrogen) atoms. The average molecular weight is 311 g/mol. The molecule has 0 spiro atoms. The Morgan fingerprint density at radius 3 is 2.33 bits per heavy atom. The summed E-state index contributed by atoms with van der Waals surface area (Å²) in [7, 11) is -2.94. The second-order valence-electron chi connectivity index (χ2n) is 6.76. The van der Waals surface area contributed by atoms with E-state index in [1.165, 1.54) is 17.4 Å². The smallest absolute Gasteiger partial charge is 0.147 e. The molecular formula is C17H29NO2S. The van der Waals surface area contributed by atoms with Gasteiger partial charge < -0.3 is 5.32 Å². The fourth-order valence-corrected chi connectivity index (χ4v) is 3.17. The molecule has 1 aromatic rings. The number of benzene rings is 1. The molecule has 1 atom stereocenters. The quantitative estimate of drug-likeness (QED) is 0.839. The van der Waals surface area contributed by atoms with Gasteiger partial charge in [0.25, 0.3) is 0 Å². The van der Waals surface area contributed by atoms with E-state index in [1.807, 2.05) is 6.07 Å². The summed E-state index contributed by atoms with van der Waals surface area (Å²) >= 11 is 0. The lowest BCUT2D eigenvalue weighted by Gasteiger charge is -2.28. The maximum atomic E-state index is 11.5. The number of nitrogens with one attached hydrogen (secondary N) is 1. The molecule has 0 aliphatic carbocycles. The second-order valence-corrected chi connectivity index (χ2v) is 9.02. The van der Waals surface area contributed by atoms with Gasteiger partial charge in [-0.25, -0.2) is 8.42 Å². The number of sulfone groups is 1. The first-order chi connectivity index (χ1) is 9.65. The zero-order chi connectivity index (χ0) is 16.1. The van der Waals surface area contributed by atoms with Crippen LogP contribution in [0.15, 0.2) is 24.3 Å². The third-order valence-corrected chi connectivity index (χ3v) is 4.54. The third-order valence-electron chi connectivity index (χ3n) is 3.56. The van der Waals surface area contributed by atoms with Gasteiger partial charge in [0, 0.05) is 12.3 Å². The molecule has 1 rings (SSSR count). The lowest BCUT2D eigenvalue weighted by atomic mass is 9.81. The molecule has 3 nitrogen and oxygen atoms in total. The molecule has 1 N–H and O–H groups in total. The van der Waals surface area contributed by atoms with E-state index >= 15 is 0 Å². The third kappa shape index (κ3) is 6.18. The van der Waals surface area contributed by atoms with Crippen molar-refractivity contribution in [2.45, 2.75) is 52.0 Å². The Kier molecular flexibility index (Phi) is 6.41. The van der Waals surface area contributed by atoms with Crippen molar-refractivity contribution < 1.29 is 8.42 Å². The second kappa shape index (κ2) is 7.41. The SMILES string of the molecule is CCCNC(CCS(C)(=O)=O)c1ccccc1C(C)(C)C. The highest BCUT2D eigenvalue weighted by Gasteiger charge is 2.23. The molecule has 0 bridgehead atoms. The summed E-state index contributed by atoms with van der Waals surface area (Å²) in [6.07, 6.45) is 2.96. The zero-order valence-corrected chi connectivity index (χ0v) is 14.8. The van der Waals surface area contributed by atoms with Crippen molar-refractivity contribution in [3.8, 4) is 0 Å². The Hall–Kier alpha value is -0.870. The fraction of sp³-hybridized carbons (Fsp3) is 0.647. The molecule has 0 aliphatic heterocycles. The van der Waals surface area contributed by atoms with E-state index in [1.54, 1.807) is 0 Å². The fourth-order valence-electron chi connectivity index (χ4n) is 2.50. The molecular weight excluding hydrogens is 282 g/mol. The van der Waals surface area contributed by atoms with Gasteiger partial charge in [-0.05, 0) is 35.9 Å². The van der Waals surface area contributed by atoms with Crippen LogP contribution in [0.5, 0.6) is 0 Å². The molecule has 0 aromatic heterocycles. The molecule has 120 valence electrons. The summed E-state index contributed by atoms with van der Waals surface area (Å²) in [5, 5.41) is 3.51. The van der Waals surface area contributed by atoms with Gasteiger partial charge in [-0.2, -0.15) is 0 Å². The first kappa shape index (κ1) is 18.2. The van der Waals surface area contributed by atoms with Crippen molar-refractivity contribution in [2.75, 3.05) is 18.6 Å². The maximum Gasteiger partial charge on any atom is 0.147 e. The summed E-state index contributed by atoms with van der Waals surface area (Å²) in [4.78, 5) is 0. The monoisotopic (exact) mass is 311 g/mol. The van der Waals surface area contributed by atoms with Gasteiger partial charge in [-0.15, -0.1) is 0 Å². The van der Waals surface area contributed by atoms with E-state index in [0.717, 1.165) is 13.0 Å². The Bertz CT molecular complexity index is 544. The summed E-state index contributed by atoms with van der Waals surface area (Å²) in [5.74, 6) is 0.215. The Labute approximate surface area is 130 Å². The van der Waals surface area contributed by atoms with Crippen molar-refractivity contribution in [1.82, 2.24) is 5.32 Å². The van der Waals surface area contributed by atoms with Crippen molar-refractivity contribution in [3.63, 3.8) is 0 Å². The summed E-state index contributed by atoms with van der Waals surface area (Å²) in [5.41, 5.74) is 2.56. The zero-order valence-electron chi connectivity index (χ0n) is 13.9. The molecule has 0 heterocycles. The molecule has 1 aromatic carbocycles. The van der Waals surface area contributed by atoms with Gasteiger partial charge in [0.2, 0.25) is 0 Å². The van der Waals surface area contributed by atoms with Gasteiger partial charge in [-0.3, -0.25) is 0 Å². The van der Waals surface area contributed by atoms with Crippen LogP contribution in [0.4, 0.5) is 0 Å². The van der Waals surface area contributed by atoms with Gasteiger partial charge >= 0.3 is 0 Å². The Morgan fingerprint density at radius 2 is 1.81 bits per heavy atom. The topological polar surface area (TPSA) is 46.2 Å². The van der Waals surface area contributed by atoms with E-state index < -0.39 is 9.84 Å². The summed E-state index contributed by atoms with van der Waals surface area (Å²) in [6.45, 7) is 9.60. The van der Waals surface area contributed by atoms with Gasteiger partial charge in [0.15, 0.2) is 0 Å². The van der Waals surface area contributed by atoms with Crippen LogP contribution in [0.1, 0.15) is 57.7 Å². The molecule has 0 saturated carbocycles. The van der Waals surface area contributed by atoms with Gasteiger partial charge in [0.05, 0.1) is 5.75 Å². The molecule has 1 unspecified atom stereocenters. The summed E-state index contributed by atoms with van der Waals surface area (Å²) < 4.78 is 23.0. The molecule has 4 heteroatoms. The first-order valence-corrected chi connectivity index (χ1v) is 9.71. The minimum Gasteiger partial charge on any atom is -0.310 e. The number of hydrogen-bond donors (Lipinski definition) is 1. The van der Waals surface area contributed by atoms with E-state index in [2.05, 4.69) is 51.2 Å². The standard InChI is InChI=1S/C17H29NO2S/c1-6-12-18-16(11-13-21(5,19)20)14-9-7-8-10-15(14)17(2,3)4/h7-10,16,18H,6,11-13H2,1-5H3. The van der Waals surface area contributed by atoms with Crippen LogP contribution in [0, 0.1) is 0 Å². The van der Waals surface area contributed by atoms with Crippen LogP contribution in [0.3, 0.4) is 0 Å². The largest absolute Gasteiger partial charge is 0.310 e. The Morgan fingerprint density at radius 1 is 1.19 bits per heavy atom. The molecule has 0 amide bonds. The lowest BCUT2D eigenvalue weighted by molar-refractivity contribution is 0.494. The minimum atomic E-state index is -2.94. The predicted molar refractivity (Wildman–Crippen MR) is 90.5 cm³/mol. The summed E-state index contributed by atoms with van der Waals surface area (Å²) in [6, 6.07) is 8.45. The van der Waals surface area contributed by atoms with Crippen molar-refractivity contribution in [2.24, 2.45) is 0 Å². The van der Waals surface area contributed by atoms with E-state index in [4.69, 9.17) is 0 Å². The van der Waals surface area contributed by atoms with Crippen LogP contribution in [0.25, 0.3) is 0 Å². The number of hydrogen-bond acceptors (Lipinski definition) is 3. The molecule has 0 saturated heterocycles. The normalized spacial score (nSPS) is 14.1. The van der Waals surface area contributed by atoms with Crippen LogP contribution in [-0.2, 0) is 15.3 Å². The first-order valence-electron chi connectivity index (χ1n) is 7.65.